The van der Waals surface area contributed by atoms with Crippen LogP contribution in [0.15, 0.2) is 55.6 Å². The fourth-order valence-electron chi connectivity index (χ4n) is 8.30. The topological polar surface area (TPSA) is 96.4 Å². The number of benzene rings is 1. The first-order chi connectivity index (χ1) is 20.2. The predicted molar refractivity (Wildman–Crippen MR) is 166 cm³/mol. The standard InChI is InChI=1S/C35H50N2O6/c1-9-12-21-42-31(41)27-26-29(39)37(25(22-38)24-16-14-13-15-17-24)28(35(26)19-18-34(27,11-3)43-35)30(40)36(20-10-2)33(7,8)23-32(4,5)6/h9-10,13-17,25-28,38H,1-2,11-12,18-23H2,3-8H3/t25-,26+,27+,28?,34-,35?/m1/s1. The van der Waals surface area contributed by atoms with Gasteiger partial charge in [-0.3, -0.25) is 14.4 Å². The van der Waals surface area contributed by atoms with Gasteiger partial charge in [-0.25, -0.2) is 0 Å². The third-order valence-corrected chi connectivity index (χ3v) is 9.64. The Labute approximate surface area is 257 Å². The highest BCUT2D eigenvalue weighted by atomic mass is 16.6. The van der Waals surface area contributed by atoms with Gasteiger partial charge >= 0.3 is 5.97 Å². The Bertz CT molecular complexity index is 1220. The van der Waals surface area contributed by atoms with E-state index in [0.29, 0.717) is 37.7 Å². The normalized spacial score (nSPS) is 28.9. The summed E-state index contributed by atoms with van der Waals surface area (Å²) in [4.78, 5) is 46.9. The minimum absolute atomic E-state index is 0.0816. The molecule has 2 amide bonds. The zero-order chi connectivity index (χ0) is 31.8. The second-order valence-corrected chi connectivity index (χ2v) is 14.2. The molecule has 0 saturated carbocycles. The Morgan fingerprint density at radius 2 is 1.84 bits per heavy atom. The van der Waals surface area contributed by atoms with Gasteiger partial charge in [-0.05, 0) is 56.9 Å². The van der Waals surface area contributed by atoms with E-state index in [0.717, 1.165) is 0 Å². The molecule has 8 heteroatoms. The number of aliphatic hydroxyl groups excluding tert-OH is 1. The van der Waals surface area contributed by atoms with Crippen molar-refractivity contribution in [2.45, 2.75) is 102 Å². The largest absolute Gasteiger partial charge is 0.465 e. The number of likely N-dealkylation sites (tertiary alicyclic amines) is 1. The van der Waals surface area contributed by atoms with Crippen LogP contribution in [0.4, 0.5) is 0 Å². The Kier molecular flexibility index (Phi) is 9.34. The van der Waals surface area contributed by atoms with Crippen LogP contribution in [0.25, 0.3) is 0 Å². The summed E-state index contributed by atoms with van der Waals surface area (Å²) in [5, 5.41) is 10.8. The van der Waals surface area contributed by atoms with Gasteiger partial charge in [0, 0.05) is 12.1 Å². The van der Waals surface area contributed by atoms with Gasteiger partial charge in [0.25, 0.3) is 0 Å². The smallest absolute Gasteiger partial charge is 0.312 e. The van der Waals surface area contributed by atoms with E-state index >= 15 is 4.79 Å². The van der Waals surface area contributed by atoms with Crippen molar-refractivity contribution in [2.24, 2.45) is 17.3 Å². The first-order valence-corrected chi connectivity index (χ1v) is 15.6. The van der Waals surface area contributed by atoms with Crippen molar-refractivity contribution in [1.82, 2.24) is 9.80 Å². The molecule has 3 aliphatic rings. The van der Waals surface area contributed by atoms with Gasteiger partial charge in [0.1, 0.15) is 17.6 Å². The highest BCUT2D eigenvalue weighted by Gasteiger charge is 2.80. The van der Waals surface area contributed by atoms with Crippen molar-refractivity contribution in [3.05, 3.63) is 61.2 Å². The summed E-state index contributed by atoms with van der Waals surface area (Å²) < 4.78 is 12.6. The summed E-state index contributed by atoms with van der Waals surface area (Å²) >= 11 is 0. The molecule has 0 aromatic heterocycles. The van der Waals surface area contributed by atoms with E-state index < -0.39 is 46.6 Å². The maximum atomic E-state index is 15.1. The second kappa shape index (κ2) is 12.2. The minimum atomic E-state index is -1.23. The lowest BCUT2D eigenvalue weighted by Crippen LogP contribution is -2.61. The lowest BCUT2D eigenvalue weighted by molar-refractivity contribution is -0.165. The van der Waals surface area contributed by atoms with Crippen molar-refractivity contribution in [2.75, 3.05) is 19.8 Å². The first kappa shape index (κ1) is 32.9. The minimum Gasteiger partial charge on any atom is -0.465 e. The number of fused-ring (bicyclic) bond motifs is 1. The van der Waals surface area contributed by atoms with Gasteiger partial charge in [-0.1, -0.05) is 70.2 Å². The van der Waals surface area contributed by atoms with Gasteiger partial charge in [0.2, 0.25) is 11.8 Å². The molecule has 43 heavy (non-hydrogen) atoms. The van der Waals surface area contributed by atoms with E-state index in [1.54, 1.807) is 17.1 Å². The van der Waals surface area contributed by atoms with Gasteiger partial charge in [0.15, 0.2) is 0 Å². The van der Waals surface area contributed by atoms with Crippen LogP contribution < -0.4 is 0 Å². The van der Waals surface area contributed by atoms with E-state index in [1.165, 1.54) is 4.90 Å². The molecule has 3 heterocycles. The molecule has 1 N–H and O–H groups in total. The van der Waals surface area contributed by atoms with Crippen molar-refractivity contribution in [3.8, 4) is 0 Å². The Morgan fingerprint density at radius 3 is 2.40 bits per heavy atom. The molecule has 6 atom stereocenters. The molecule has 2 bridgehead atoms. The molecule has 3 saturated heterocycles. The number of hydrogen-bond donors (Lipinski definition) is 1. The maximum Gasteiger partial charge on any atom is 0.312 e. The highest BCUT2D eigenvalue weighted by molar-refractivity contribution is 5.99. The maximum absolute atomic E-state index is 15.1. The summed E-state index contributed by atoms with van der Waals surface area (Å²) in [5.41, 5.74) is -2.09. The fourth-order valence-corrected chi connectivity index (χ4v) is 8.30. The number of carbonyl (C=O) groups is 3. The van der Waals surface area contributed by atoms with E-state index in [1.807, 2.05) is 51.1 Å². The van der Waals surface area contributed by atoms with Crippen LogP contribution >= 0.6 is 0 Å². The van der Waals surface area contributed by atoms with Gasteiger partial charge in [0.05, 0.1) is 30.8 Å². The first-order valence-electron chi connectivity index (χ1n) is 15.6. The second-order valence-electron chi connectivity index (χ2n) is 14.2. The molecule has 1 aromatic carbocycles. The highest BCUT2D eigenvalue weighted by Crippen LogP contribution is 2.65. The van der Waals surface area contributed by atoms with E-state index in [9.17, 15) is 14.7 Å². The monoisotopic (exact) mass is 594 g/mol. The summed E-state index contributed by atoms with van der Waals surface area (Å²) in [6.07, 6.45) is 6.09. The molecule has 0 aliphatic carbocycles. The van der Waals surface area contributed by atoms with Crippen LogP contribution in [-0.4, -0.2) is 75.2 Å². The SMILES string of the molecule is C=CCCOC(=O)[C@@H]1[C@H]2C(=O)N([C@H](CO)c3ccccc3)C(C(=O)N(CC=C)C(C)(C)CC(C)(C)C)C23CC[C@@]1(CC)O3. The molecular weight excluding hydrogens is 544 g/mol. The molecule has 1 spiro atoms. The third-order valence-electron chi connectivity index (χ3n) is 9.64. The molecular formula is C35H50N2O6. The molecule has 3 aliphatic heterocycles. The molecule has 3 fully saturated rings. The molecule has 1 aromatic rings. The number of aliphatic hydroxyl groups is 1. The van der Waals surface area contributed by atoms with Crippen LogP contribution in [0, 0.1) is 17.3 Å². The van der Waals surface area contributed by atoms with Crippen LogP contribution in [0.2, 0.25) is 0 Å². The lowest BCUT2D eigenvalue weighted by atomic mass is 9.65. The third kappa shape index (κ3) is 5.68. The van der Waals surface area contributed by atoms with Crippen LogP contribution in [0.1, 0.15) is 85.3 Å². The summed E-state index contributed by atoms with van der Waals surface area (Å²) in [6.45, 7) is 20.2. The number of carbonyl (C=O) groups excluding carboxylic acids is 3. The average Bonchev–Trinajstić information content (AvgIpc) is 3.55. The van der Waals surface area contributed by atoms with Crippen molar-refractivity contribution in [1.29, 1.82) is 0 Å². The fraction of sp³-hybridized carbons (Fsp3) is 0.629. The van der Waals surface area contributed by atoms with E-state index in [2.05, 4.69) is 33.9 Å². The molecule has 2 unspecified atom stereocenters. The van der Waals surface area contributed by atoms with Crippen LogP contribution in [0.3, 0.4) is 0 Å². The number of esters is 1. The summed E-state index contributed by atoms with van der Waals surface area (Å²) in [5.74, 6) is -2.84. The Balaban J connectivity index is 1.88. The zero-order valence-electron chi connectivity index (χ0n) is 26.8. The quantitative estimate of drug-likeness (QED) is 0.191. The molecule has 4 rings (SSSR count). The predicted octanol–water partition coefficient (Wildman–Crippen LogP) is 5.22. The molecule has 236 valence electrons. The number of rotatable bonds is 13. The van der Waals surface area contributed by atoms with Crippen LogP contribution in [0.5, 0.6) is 0 Å². The van der Waals surface area contributed by atoms with Gasteiger partial charge in [-0.15, -0.1) is 13.2 Å². The summed E-state index contributed by atoms with van der Waals surface area (Å²) in [7, 11) is 0. The van der Waals surface area contributed by atoms with Crippen molar-refractivity contribution >= 4 is 17.8 Å². The lowest BCUT2D eigenvalue weighted by Gasteiger charge is -2.46. The number of hydrogen-bond acceptors (Lipinski definition) is 6. The van der Waals surface area contributed by atoms with Crippen molar-refractivity contribution in [3.63, 3.8) is 0 Å². The molecule has 8 nitrogen and oxygen atoms in total. The van der Waals surface area contributed by atoms with E-state index in [4.69, 9.17) is 9.47 Å². The summed E-state index contributed by atoms with van der Waals surface area (Å²) in [6, 6.07) is 7.42. The van der Waals surface area contributed by atoms with Crippen LogP contribution in [-0.2, 0) is 23.9 Å². The van der Waals surface area contributed by atoms with Crippen molar-refractivity contribution < 1.29 is 29.0 Å². The number of nitrogens with zero attached hydrogens (tertiary/aromatic N) is 2. The van der Waals surface area contributed by atoms with Gasteiger partial charge < -0.3 is 24.4 Å². The Hall–Kier alpha value is -2.97. The number of ether oxygens (including phenoxy) is 2. The van der Waals surface area contributed by atoms with E-state index in [-0.39, 0.29) is 37.0 Å². The average molecular weight is 595 g/mol. The number of amides is 2. The zero-order valence-corrected chi connectivity index (χ0v) is 26.8. The van der Waals surface area contributed by atoms with Gasteiger partial charge in [-0.2, -0.15) is 0 Å². The Morgan fingerprint density at radius 1 is 1.16 bits per heavy atom. The molecule has 0 radical (unpaired) electrons.